The summed E-state index contributed by atoms with van der Waals surface area (Å²) in [6.45, 7) is 3.47. The van der Waals surface area contributed by atoms with Gasteiger partial charge in [-0.15, -0.1) is 0 Å². The molecule has 2 aromatic carbocycles. The Morgan fingerprint density at radius 3 is 2.37 bits per heavy atom. The monoisotopic (exact) mass is 369 g/mol. The van der Waals surface area contributed by atoms with Gasteiger partial charge in [0.15, 0.2) is 0 Å². The van der Waals surface area contributed by atoms with Crippen molar-refractivity contribution in [2.45, 2.75) is 6.54 Å². The summed E-state index contributed by atoms with van der Waals surface area (Å²) in [5.41, 5.74) is 2.27. The molecule has 1 saturated heterocycles. The highest BCUT2D eigenvalue weighted by Gasteiger charge is 2.25. The molecule has 0 bridgehead atoms. The van der Waals surface area contributed by atoms with Crippen molar-refractivity contribution in [3.63, 3.8) is 0 Å². The lowest BCUT2D eigenvalue weighted by molar-refractivity contribution is 0.0619. The second kappa shape index (κ2) is 7.12. The number of piperazine rings is 1. The van der Waals surface area contributed by atoms with Crippen molar-refractivity contribution in [2.24, 2.45) is 7.05 Å². The average molecular weight is 369 g/mol. The summed E-state index contributed by atoms with van der Waals surface area (Å²) in [5.74, 6) is -0.624. The molecule has 4 rings (SSSR count). The lowest BCUT2D eigenvalue weighted by Gasteiger charge is -2.34. The molecule has 0 aliphatic carbocycles. The molecule has 1 aromatic heterocycles. The van der Waals surface area contributed by atoms with Crippen LogP contribution in [-0.2, 0) is 13.6 Å². The van der Waals surface area contributed by atoms with Crippen LogP contribution in [0.1, 0.15) is 16.1 Å². The van der Waals surface area contributed by atoms with Crippen molar-refractivity contribution in [3.05, 3.63) is 71.4 Å². The minimum absolute atomic E-state index is 0.0745. The number of aryl methyl sites for hydroxylation is 1. The van der Waals surface area contributed by atoms with Crippen molar-refractivity contribution >= 4 is 16.8 Å². The summed E-state index contributed by atoms with van der Waals surface area (Å²) < 4.78 is 28.8. The largest absolute Gasteiger partial charge is 0.340 e. The van der Waals surface area contributed by atoms with Gasteiger partial charge in [-0.2, -0.15) is 0 Å². The minimum atomic E-state index is -0.314. The number of halogens is 2. The van der Waals surface area contributed by atoms with E-state index >= 15 is 0 Å². The van der Waals surface area contributed by atoms with Crippen LogP contribution in [0.3, 0.4) is 0 Å². The molecule has 0 saturated carbocycles. The predicted octanol–water partition coefficient (Wildman–Crippen LogP) is 3.41. The predicted molar refractivity (Wildman–Crippen MR) is 100 cm³/mol. The zero-order chi connectivity index (χ0) is 19.0. The Hall–Kier alpha value is -2.73. The topological polar surface area (TPSA) is 28.5 Å². The molecule has 6 heteroatoms. The fraction of sp³-hybridized carbons (Fsp3) is 0.286. The normalized spacial score (nSPS) is 15.4. The third-order valence-corrected chi connectivity index (χ3v) is 5.23. The molecule has 0 N–H and O–H groups in total. The summed E-state index contributed by atoms with van der Waals surface area (Å²) in [6, 6.07) is 13.0. The molecular weight excluding hydrogens is 348 g/mol. The Morgan fingerprint density at radius 2 is 1.70 bits per heavy atom. The van der Waals surface area contributed by atoms with Crippen LogP contribution in [0.25, 0.3) is 10.9 Å². The van der Waals surface area contributed by atoms with E-state index in [4.69, 9.17) is 0 Å². The van der Waals surface area contributed by atoms with E-state index in [1.54, 1.807) is 35.9 Å². The van der Waals surface area contributed by atoms with Crippen LogP contribution < -0.4 is 0 Å². The number of hydrogen-bond acceptors (Lipinski definition) is 2. The molecular formula is C21H21F2N3O. The standard InChI is InChI=1S/C21H21F2N3O/c1-24-19-4-2-3-18(23)17(19)13-20(24)21(27)26-11-9-25(10-12-26)14-15-5-7-16(22)8-6-15/h2-8,13H,9-12,14H2,1H3. The van der Waals surface area contributed by atoms with Gasteiger partial charge in [0.25, 0.3) is 5.91 Å². The summed E-state index contributed by atoms with van der Waals surface area (Å²) in [5, 5.41) is 0.471. The molecule has 1 aliphatic rings. The number of carbonyl (C=O) groups is 1. The van der Waals surface area contributed by atoms with Crippen LogP contribution in [0.2, 0.25) is 0 Å². The molecule has 4 nitrogen and oxygen atoms in total. The highest BCUT2D eigenvalue weighted by Crippen LogP contribution is 2.23. The molecule has 0 atom stereocenters. The first-order valence-electron chi connectivity index (χ1n) is 9.03. The average Bonchev–Trinajstić information content (AvgIpc) is 3.02. The molecule has 0 spiro atoms. The van der Waals surface area contributed by atoms with Crippen molar-refractivity contribution in [3.8, 4) is 0 Å². The first-order valence-corrected chi connectivity index (χ1v) is 9.03. The number of fused-ring (bicyclic) bond motifs is 1. The van der Waals surface area contributed by atoms with Crippen molar-refractivity contribution in [2.75, 3.05) is 26.2 Å². The third-order valence-electron chi connectivity index (χ3n) is 5.23. The molecule has 1 aliphatic heterocycles. The number of carbonyl (C=O) groups excluding carboxylic acids is 1. The van der Waals surface area contributed by atoms with E-state index in [0.717, 1.165) is 25.2 Å². The van der Waals surface area contributed by atoms with Crippen LogP contribution in [0.5, 0.6) is 0 Å². The molecule has 1 amide bonds. The van der Waals surface area contributed by atoms with Crippen LogP contribution in [0, 0.1) is 11.6 Å². The maximum Gasteiger partial charge on any atom is 0.270 e. The van der Waals surface area contributed by atoms with Crippen LogP contribution in [0.15, 0.2) is 48.5 Å². The SMILES string of the molecule is Cn1c(C(=O)N2CCN(Cc3ccc(F)cc3)CC2)cc2c(F)cccc21. The fourth-order valence-electron chi connectivity index (χ4n) is 3.65. The van der Waals surface area contributed by atoms with Gasteiger partial charge >= 0.3 is 0 Å². The molecule has 0 unspecified atom stereocenters. The van der Waals surface area contributed by atoms with Gasteiger partial charge in [-0.3, -0.25) is 9.69 Å². The highest BCUT2D eigenvalue weighted by molar-refractivity contribution is 5.98. The molecule has 1 fully saturated rings. The lowest BCUT2D eigenvalue weighted by atomic mass is 10.2. The van der Waals surface area contributed by atoms with Crippen molar-refractivity contribution < 1.29 is 13.6 Å². The summed E-state index contributed by atoms with van der Waals surface area (Å²) in [4.78, 5) is 17.0. The fourth-order valence-corrected chi connectivity index (χ4v) is 3.65. The molecule has 0 radical (unpaired) electrons. The zero-order valence-electron chi connectivity index (χ0n) is 15.2. The van der Waals surface area contributed by atoms with Gasteiger partial charge in [-0.1, -0.05) is 18.2 Å². The van der Waals surface area contributed by atoms with Crippen molar-refractivity contribution in [1.82, 2.24) is 14.4 Å². The van der Waals surface area contributed by atoms with Gasteiger partial charge in [0.1, 0.15) is 17.3 Å². The maximum atomic E-state index is 14.0. The number of hydrogen-bond donors (Lipinski definition) is 0. The molecule has 140 valence electrons. The minimum Gasteiger partial charge on any atom is -0.340 e. The molecule has 27 heavy (non-hydrogen) atoms. The second-order valence-electron chi connectivity index (χ2n) is 6.96. The Kier molecular flexibility index (Phi) is 4.66. The first kappa shape index (κ1) is 17.7. The number of amides is 1. The number of nitrogens with zero attached hydrogens (tertiary/aromatic N) is 3. The maximum absolute atomic E-state index is 14.0. The van der Waals surface area contributed by atoms with Gasteiger partial charge in [0.2, 0.25) is 0 Å². The zero-order valence-corrected chi connectivity index (χ0v) is 15.2. The van der Waals surface area contributed by atoms with Crippen LogP contribution >= 0.6 is 0 Å². The van der Waals surface area contributed by atoms with Gasteiger partial charge in [0, 0.05) is 45.2 Å². The smallest absolute Gasteiger partial charge is 0.270 e. The number of aromatic nitrogens is 1. The van der Waals surface area contributed by atoms with Gasteiger partial charge in [-0.05, 0) is 35.9 Å². The third kappa shape index (κ3) is 3.45. The van der Waals surface area contributed by atoms with Crippen LogP contribution in [0.4, 0.5) is 8.78 Å². The second-order valence-corrected chi connectivity index (χ2v) is 6.96. The number of rotatable bonds is 3. The Labute approximate surface area is 156 Å². The summed E-state index contributed by atoms with van der Waals surface area (Å²) in [6.07, 6.45) is 0. The van der Waals surface area contributed by atoms with E-state index in [1.807, 2.05) is 11.0 Å². The van der Waals surface area contributed by atoms with E-state index in [1.165, 1.54) is 18.2 Å². The molecule has 2 heterocycles. The molecule has 3 aromatic rings. The van der Waals surface area contributed by atoms with E-state index in [9.17, 15) is 13.6 Å². The Morgan fingerprint density at radius 1 is 1.00 bits per heavy atom. The lowest BCUT2D eigenvalue weighted by Crippen LogP contribution is -2.48. The van der Waals surface area contributed by atoms with Gasteiger partial charge in [0.05, 0.1) is 5.52 Å². The van der Waals surface area contributed by atoms with Crippen LogP contribution in [-0.4, -0.2) is 46.5 Å². The van der Waals surface area contributed by atoms with Gasteiger partial charge < -0.3 is 9.47 Å². The first-order chi connectivity index (χ1) is 13.0. The van der Waals surface area contributed by atoms with E-state index in [2.05, 4.69) is 4.90 Å². The van der Waals surface area contributed by atoms with E-state index < -0.39 is 0 Å². The van der Waals surface area contributed by atoms with Crippen molar-refractivity contribution in [1.29, 1.82) is 0 Å². The summed E-state index contributed by atoms with van der Waals surface area (Å²) >= 11 is 0. The highest BCUT2D eigenvalue weighted by atomic mass is 19.1. The van der Waals surface area contributed by atoms with E-state index in [0.29, 0.717) is 29.7 Å². The Balaban J connectivity index is 1.44. The van der Waals surface area contributed by atoms with Gasteiger partial charge in [-0.25, -0.2) is 8.78 Å². The number of benzene rings is 2. The van der Waals surface area contributed by atoms with E-state index in [-0.39, 0.29) is 17.5 Å². The quantitative estimate of drug-likeness (QED) is 0.708. The Bertz CT molecular complexity index is 973. The summed E-state index contributed by atoms with van der Waals surface area (Å²) in [7, 11) is 1.79.